The molecule has 0 fully saturated rings. The normalized spacial score (nSPS) is 10.5. The molecule has 0 saturated heterocycles. The second kappa shape index (κ2) is 5.38. The fourth-order valence-corrected chi connectivity index (χ4v) is 1.63. The molecule has 4 heteroatoms. The molecule has 0 radical (unpaired) electrons. The summed E-state index contributed by atoms with van der Waals surface area (Å²) in [5.41, 5.74) is 0.383. The molecule has 0 spiro atoms. The van der Waals surface area contributed by atoms with Crippen molar-refractivity contribution in [1.82, 2.24) is 0 Å². The summed E-state index contributed by atoms with van der Waals surface area (Å²) in [4.78, 5) is 10.8. The Morgan fingerprint density at radius 2 is 2.07 bits per heavy atom. The maximum Gasteiger partial charge on any atom is 0.153 e. The summed E-state index contributed by atoms with van der Waals surface area (Å²) < 4.78 is 5.45. The lowest BCUT2D eigenvalue weighted by Crippen LogP contribution is -2.06. The first-order valence-corrected chi connectivity index (χ1v) is 5.37. The monoisotopic (exact) mass is 246 g/mol. The van der Waals surface area contributed by atoms with Gasteiger partial charge in [0, 0.05) is 5.02 Å². The molecule has 1 aromatic carbocycles. The maximum absolute atomic E-state index is 10.8. The van der Waals surface area contributed by atoms with E-state index in [2.05, 4.69) is 0 Å². The third-order valence-corrected chi connectivity index (χ3v) is 2.22. The van der Waals surface area contributed by atoms with Crippen molar-refractivity contribution in [3.8, 4) is 5.75 Å². The summed E-state index contributed by atoms with van der Waals surface area (Å²) in [5, 5.41) is 0.796. The first kappa shape index (κ1) is 12.3. The third kappa shape index (κ3) is 3.40. The van der Waals surface area contributed by atoms with E-state index >= 15 is 0 Å². The third-order valence-electron chi connectivity index (χ3n) is 1.73. The number of benzene rings is 1. The fourth-order valence-electron chi connectivity index (χ4n) is 1.07. The minimum Gasteiger partial charge on any atom is -0.491 e. The van der Waals surface area contributed by atoms with E-state index in [1.807, 2.05) is 13.8 Å². The Bertz CT molecular complexity index is 362. The molecule has 1 aromatic rings. The van der Waals surface area contributed by atoms with Crippen LogP contribution in [-0.4, -0.2) is 12.9 Å². The smallest absolute Gasteiger partial charge is 0.153 e. The zero-order valence-electron chi connectivity index (χ0n) is 8.59. The lowest BCUT2D eigenvalue weighted by atomic mass is 10.2. The van der Waals surface area contributed by atoms with Crippen molar-refractivity contribution >= 4 is 29.5 Å². The predicted molar refractivity (Wildman–Crippen MR) is 62.2 cm³/mol. The average Bonchev–Trinajstić information content (AvgIpc) is 2.14. The van der Waals surface area contributed by atoms with Crippen LogP contribution in [-0.2, 0) is 0 Å². The van der Waals surface area contributed by atoms with E-state index in [1.165, 1.54) is 6.07 Å². The van der Waals surface area contributed by atoms with Crippen molar-refractivity contribution in [2.45, 2.75) is 13.8 Å². The second-order valence-electron chi connectivity index (χ2n) is 3.63. The van der Waals surface area contributed by atoms with Crippen LogP contribution < -0.4 is 4.74 Å². The van der Waals surface area contributed by atoms with Gasteiger partial charge >= 0.3 is 0 Å². The van der Waals surface area contributed by atoms with Gasteiger partial charge in [-0.1, -0.05) is 37.0 Å². The van der Waals surface area contributed by atoms with Gasteiger partial charge in [0.1, 0.15) is 5.75 Å². The van der Waals surface area contributed by atoms with Crippen molar-refractivity contribution in [3.05, 3.63) is 27.7 Å². The summed E-state index contributed by atoms with van der Waals surface area (Å²) in [5.74, 6) is 0.779. The topological polar surface area (TPSA) is 26.3 Å². The molecule has 1 rings (SSSR count). The summed E-state index contributed by atoms with van der Waals surface area (Å²) >= 11 is 11.7. The first-order chi connectivity index (χ1) is 7.04. The van der Waals surface area contributed by atoms with Crippen LogP contribution in [0.3, 0.4) is 0 Å². The molecule has 0 N–H and O–H groups in total. The largest absolute Gasteiger partial charge is 0.491 e. The van der Waals surface area contributed by atoms with E-state index in [1.54, 1.807) is 6.07 Å². The summed E-state index contributed by atoms with van der Waals surface area (Å²) in [7, 11) is 0. The Morgan fingerprint density at radius 1 is 1.40 bits per heavy atom. The minimum atomic E-state index is 0.366. The Balaban J connectivity index is 2.99. The Hall–Kier alpha value is -0.730. The highest BCUT2D eigenvalue weighted by Crippen LogP contribution is 2.31. The van der Waals surface area contributed by atoms with Crippen LogP contribution in [0.25, 0.3) is 0 Å². The molecular formula is C11H12Cl2O2. The zero-order chi connectivity index (χ0) is 11.4. The lowest BCUT2D eigenvalue weighted by molar-refractivity contribution is 0.111. The van der Waals surface area contributed by atoms with Crippen molar-refractivity contribution in [3.63, 3.8) is 0 Å². The molecule has 0 saturated carbocycles. The minimum absolute atomic E-state index is 0.366. The predicted octanol–water partition coefficient (Wildman–Crippen LogP) is 3.84. The number of halogens is 2. The quantitative estimate of drug-likeness (QED) is 0.755. The van der Waals surface area contributed by atoms with Gasteiger partial charge in [0.15, 0.2) is 6.29 Å². The Morgan fingerprint density at radius 3 is 2.60 bits per heavy atom. The van der Waals surface area contributed by atoms with Crippen LogP contribution in [0.1, 0.15) is 24.2 Å². The Kier molecular flexibility index (Phi) is 4.43. The second-order valence-corrected chi connectivity index (χ2v) is 4.47. The van der Waals surface area contributed by atoms with Crippen LogP contribution in [0.15, 0.2) is 12.1 Å². The maximum atomic E-state index is 10.8. The molecule has 0 amide bonds. The Labute approximate surface area is 99.1 Å². The highest BCUT2D eigenvalue weighted by molar-refractivity contribution is 6.36. The molecule has 0 aliphatic carbocycles. The zero-order valence-corrected chi connectivity index (χ0v) is 10.1. The molecule has 15 heavy (non-hydrogen) atoms. The number of aldehydes is 1. The number of ether oxygens (including phenoxy) is 1. The van der Waals surface area contributed by atoms with E-state index in [4.69, 9.17) is 27.9 Å². The number of rotatable bonds is 4. The van der Waals surface area contributed by atoms with Gasteiger partial charge in [-0.05, 0) is 18.1 Å². The van der Waals surface area contributed by atoms with Crippen LogP contribution in [0.5, 0.6) is 5.75 Å². The van der Waals surface area contributed by atoms with Gasteiger partial charge in [0.05, 0.1) is 17.2 Å². The highest BCUT2D eigenvalue weighted by Gasteiger charge is 2.10. The van der Waals surface area contributed by atoms with Crippen molar-refractivity contribution in [2.24, 2.45) is 5.92 Å². The number of hydrogen-bond donors (Lipinski definition) is 0. The van der Waals surface area contributed by atoms with Crippen LogP contribution in [0.2, 0.25) is 10.0 Å². The molecule has 0 heterocycles. The van der Waals surface area contributed by atoms with Crippen LogP contribution >= 0.6 is 23.2 Å². The van der Waals surface area contributed by atoms with Crippen molar-refractivity contribution < 1.29 is 9.53 Å². The fraction of sp³-hybridized carbons (Fsp3) is 0.364. The highest BCUT2D eigenvalue weighted by atomic mass is 35.5. The van der Waals surface area contributed by atoms with E-state index in [0.29, 0.717) is 40.2 Å². The van der Waals surface area contributed by atoms with Gasteiger partial charge in [-0.25, -0.2) is 0 Å². The SMILES string of the molecule is CC(C)COc1c(Cl)cc(Cl)cc1C=O. The van der Waals surface area contributed by atoms with Gasteiger partial charge in [0.2, 0.25) is 0 Å². The van der Waals surface area contributed by atoms with E-state index in [0.717, 1.165) is 0 Å². The number of hydrogen-bond acceptors (Lipinski definition) is 2. The van der Waals surface area contributed by atoms with E-state index in [9.17, 15) is 4.79 Å². The molecule has 0 aromatic heterocycles. The molecule has 2 nitrogen and oxygen atoms in total. The van der Waals surface area contributed by atoms with Crippen LogP contribution in [0, 0.1) is 5.92 Å². The summed E-state index contributed by atoms with van der Waals surface area (Å²) in [6, 6.07) is 3.10. The number of carbonyl (C=O) groups is 1. The first-order valence-electron chi connectivity index (χ1n) is 4.61. The molecular weight excluding hydrogens is 235 g/mol. The molecule has 0 aliphatic heterocycles. The lowest BCUT2D eigenvalue weighted by Gasteiger charge is -2.12. The van der Waals surface area contributed by atoms with Gasteiger partial charge < -0.3 is 4.74 Å². The van der Waals surface area contributed by atoms with Gasteiger partial charge in [-0.2, -0.15) is 0 Å². The summed E-state index contributed by atoms with van der Waals surface area (Å²) in [6.45, 7) is 4.55. The standard InChI is InChI=1S/C11H12Cl2O2/c1-7(2)6-15-11-8(5-14)3-9(12)4-10(11)13/h3-5,7H,6H2,1-2H3. The van der Waals surface area contributed by atoms with Crippen molar-refractivity contribution in [1.29, 1.82) is 0 Å². The average molecular weight is 247 g/mol. The summed E-state index contributed by atoms with van der Waals surface area (Å²) in [6.07, 6.45) is 0.688. The molecule has 0 atom stereocenters. The molecule has 0 bridgehead atoms. The molecule has 82 valence electrons. The van der Waals surface area contributed by atoms with E-state index < -0.39 is 0 Å². The van der Waals surface area contributed by atoms with Gasteiger partial charge in [-0.15, -0.1) is 0 Å². The van der Waals surface area contributed by atoms with Crippen LogP contribution in [0.4, 0.5) is 0 Å². The molecule has 0 unspecified atom stereocenters. The molecule has 0 aliphatic rings. The van der Waals surface area contributed by atoms with Crippen molar-refractivity contribution in [2.75, 3.05) is 6.61 Å². The number of carbonyl (C=O) groups excluding carboxylic acids is 1. The van der Waals surface area contributed by atoms with E-state index in [-0.39, 0.29) is 0 Å². The van der Waals surface area contributed by atoms with Gasteiger partial charge in [0.25, 0.3) is 0 Å². The van der Waals surface area contributed by atoms with Gasteiger partial charge in [-0.3, -0.25) is 4.79 Å².